The lowest BCUT2D eigenvalue weighted by Gasteiger charge is -2.30. The van der Waals surface area contributed by atoms with Crippen LogP contribution in [0.1, 0.15) is 18.4 Å². The summed E-state index contributed by atoms with van der Waals surface area (Å²) in [6.07, 6.45) is 2.28. The number of morpholine rings is 1. The summed E-state index contributed by atoms with van der Waals surface area (Å²) in [6, 6.07) is 14.2. The molecule has 2 heterocycles. The first-order valence-corrected chi connectivity index (χ1v) is 10.4. The second-order valence-electron chi connectivity index (χ2n) is 8.54. The fourth-order valence-electron chi connectivity index (χ4n) is 4.20. The maximum absolute atomic E-state index is 13.2. The van der Waals surface area contributed by atoms with Crippen LogP contribution in [0.25, 0.3) is 22.0 Å². The first-order chi connectivity index (χ1) is 14.1. The van der Waals surface area contributed by atoms with Gasteiger partial charge in [-0.25, -0.2) is 4.68 Å². The molecule has 6 heteroatoms. The van der Waals surface area contributed by atoms with E-state index in [0.717, 1.165) is 56.8 Å². The third-order valence-electron chi connectivity index (χ3n) is 6.21. The van der Waals surface area contributed by atoms with Crippen LogP contribution in [0.3, 0.4) is 0 Å². The summed E-state index contributed by atoms with van der Waals surface area (Å²) in [7, 11) is 0. The van der Waals surface area contributed by atoms with E-state index in [-0.39, 0.29) is 11.0 Å². The molecule has 0 bridgehead atoms. The van der Waals surface area contributed by atoms with Crippen molar-refractivity contribution in [3.8, 4) is 11.1 Å². The number of ether oxygens (including phenoxy) is 1. The van der Waals surface area contributed by atoms with Gasteiger partial charge in [0.05, 0.1) is 25.1 Å². The molecule has 0 amide bonds. The summed E-state index contributed by atoms with van der Waals surface area (Å²) in [5.74, 6) is 0. The van der Waals surface area contributed by atoms with E-state index in [4.69, 9.17) is 4.74 Å². The van der Waals surface area contributed by atoms with E-state index in [9.17, 15) is 4.79 Å². The number of benzene rings is 2. The standard InChI is InChI=1S/C23H26N4O2/c1-17-2-4-18(5-3-17)19-6-7-21-20(14-19)22(28)27(25-24-21)16-23(8-9-23)15-26-10-12-29-13-11-26/h2-7,14H,8-13,15-16H2,1H3. The molecule has 6 nitrogen and oxygen atoms in total. The maximum atomic E-state index is 13.2. The highest BCUT2D eigenvalue weighted by Crippen LogP contribution is 2.47. The van der Waals surface area contributed by atoms with Crippen molar-refractivity contribution in [2.24, 2.45) is 5.41 Å². The summed E-state index contributed by atoms with van der Waals surface area (Å²) in [6.45, 7) is 7.26. The van der Waals surface area contributed by atoms with Crippen molar-refractivity contribution >= 4 is 10.9 Å². The Morgan fingerprint density at radius 1 is 1.00 bits per heavy atom. The van der Waals surface area contributed by atoms with Crippen LogP contribution < -0.4 is 5.56 Å². The van der Waals surface area contributed by atoms with Crippen molar-refractivity contribution in [1.82, 2.24) is 19.9 Å². The van der Waals surface area contributed by atoms with Crippen LogP contribution in [-0.2, 0) is 11.3 Å². The molecule has 29 heavy (non-hydrogen) atoms. The SMILES string of the molecule is Cc1ccc(-c2ccc3nnn(CC4(CN5CCOCC5)CC4)c(=O)c3c2)cc1. The molecule has 0 atom stereocenters. The highest BCUT2D eigenvalue weighted by molar-refractivity contribution is 5.83. The summed E-state index contributed by atoms with van der Waals surface area (Å²) < 4.78 is 7.03. The molecule has 2 fully saturated rings. The van der Waals surface area contributed by atoms with E-state index in [0.29, 0.717) is 17.4 Å². The Balaban J connectivity index is 1.43. The lowest BCUT2D eigenvalue weighted by atomic mass is 10.0. The molecular weight excluding hydrogens is 364 g/mol. The molecule has 0 radical (unpaired) electrons. The number of rotatable bonds is 5. The van der Waals surface area contributed by atoms with Gasteiger partial charge >= 0.3 is 0 Å². The van der Waals surface area contributed by atoms with E-state index in [2.05, 4.69) is 46.4 Å². The third-order valence-corrected chi connectivity index (χ3v) is 6.21. The minimum Gasteiger partial charge on any atom is -0.379 e. The van der Waals surface area contributed by atoms with Crippen LogP contribution in [0.2, 0.25) is 0 Å². The average molecular weight is 390 g/mol. The highest BCUT2D eigenvalue weighted by atomic mass is 16.5. The van der Waals surface area contributed by atoms with Gasteiger partial charge in [-0.3, -0.25) is 9.69 Å². The zero-order valence-electron chi connectivity index (χ0n) is 16.8. The van der Waals surface area contributed by atoms with Crippen LogP contribution in [-0.4, -0.2) is 52.7 Å². The van der Waals surface area contributed by atoms with Gasteiger partial charge in [-0.2, -0.15) is 0 Å². The number of aromatic nitrogens is 3. The molecule has 1 saturated heterocycles. The third kappa shape index (κ3) is 3.82. The lowest BCUT2D eigenvalue weighted by molar-refractivity contribution is 0.0263. The minimum atomic E-state index is -0.0442. The summed E-state index contributed by atoms with van der Waals surface area (Å²) in [5, 5.41) is 9.22. The van der Waals surface area contributed by atoms with E-state index < -0.39 is 0 Å². The predicted molar refractivity (Wildman–Crippen MR) is 113 cm³/mol. The summed E-state index contributed by atoms with van der Waals surface area (Å²) in [5.41, 5.74) is 4.11. The van der Waals surface area contributed by atoms with Crippen molar-refractivity contribution in [1.29, 1.82) is 0 Å². The smallest absolute Gasteiger partial charge is 0.277 e. The van der Waals surface area contributed by atoms with Gasteiger partial charge < -0.3 is 4.74 Å². The van der Waals surface area contributed by atoms with Crippen molar-refractivity contribution in [2.45, 2.75) is 26.3 Å². The lowest BCUT2D eigenvalue weighted by Crippen LogP contribution is -2.42. The van der Waals surface area contributed by atoms with Crippen molar-refractivity contribution in [3.63, 3.8) is 0 Å². The average Bonchev–Trinajstić information content (AvgIpc) is 3.50. The second kappa shape index (κ2) is 7.35. The quantitative estimate of drug-likeness (QED) is 0.670. The molecule has 2 aromatic carbocycles. The molecule has 0 N–H and O–H groups in total. The Kier molecular flexibility index (Phi) is 4.68. The van der Waals surface area contributed by atoms with Gasteiger partial charge in [0.1, 0.15) is 5.52 Å². The molecule has 150 valence electrons. The summed E-state index contributed by atoms with van der Waals surface area (Å²) >= 11 is 0. The number of nitrogens with zero attached hydrogens (tertiary/aromatic N) is 4. The molecule has 0 spiro atoms. The molecule has 5 rings (SSSR count). The van der Waals surface area contributed by atoms with E-state index in [1.165, 1.54) is 5.56 Å². The van der Waals surface area contributed by atoms with Crippen LogP contribution in [0.4, 0.5) is 0 Å². The largest absolute Gasteiger partial charge is 0.379 e. The van der Waals surface area contributed by atoms with Gasteiger partial charge in [-0.05, 0) is 43.0 Å². The highest BCUT2D eigenvalue weighted by Gasteiger charge is 2.45. The Labute approximate surface area is 170 Å². The molecule has 1 aliphatic heterocycles. The predicted octanol–water partition coefficient (Wildman–Crippen LogP) is 2.88. The van der Waals surface area contributed by atoms with Crippen molar-refractivity contribution in [2.75, 3.05) is 32.8 Å². The van der Waals surface area contributed by atoms with Crippen molar-refractivity contribution in [3.05, 3.63) is 58.4 Å². The van der Waals surface area contributed by atoms with E-state index in [1.807, 2.05) is 18.2 Å². The van der Waals surface area contributed by atoms with Crippen molar-refractivity contribution < 1.29 is 4.74 Å². The van der Waals surface area contributed by atoms with Gasteiger partial charge in [0, 0.05) is 25.0 Å². The molecule has 0 unspecified atom stereocenters. The zero-order valence-corrected chi connectivity index (χ0v) is 16.8. The van der Waals surface area contributed by atoms with Crippen LogP contribution in [0.15, 0.2) is 47.3 Å². The first kappa shape index (κ1) is 18.5. The van der Waals surface area contributed by atoms with Gasteiger partial charge in [0.25, 0.3) is 5.56 Å². The van der Waals surface area contributed by atoms with Gasteiger partial charge in [0.15, 0.2) is 0 Å². The Bertz CT molecular complexity index is 1080. The molecule has 3 aromatic rings. The normalized spacial score (nSPS) is 18.8. The fraction of sp³-hybridized carbons (Fsp3) is 0.435. The fourth-order valence-corrected chi connectivity index (χ4v) is 4.20. The molecule has 1 aromatic heterocycles. The molecular formula is C23H26N4O2. The molecule has 1 saturated carbocycles. The van der Waals surface area contributed by atoms with Gasteiger partial charge in [-0.15, -0.1) is 5.10 Å². The Morgan fingerprint density at radius 2 is 1.72 bits per heavy atom. The van der Waals surface area contributed by atoms with E-state index in [1.54, 1.807) is 4.68 Å². The molecule has 2 aliphatic rings. The maximum Gasteiger partial charge on any atom is 0.277 e. The van der Waals surface area contributed by atoms with E-state index >= 15 is 0 Å². The Hall–Kier alpha value is -2.57. The Morgan fingerprint density at radius 3 is 2.45 bits per heavy atom. The van der Waals surface area contributed by atoms with Gasteiger partial charge in [-0.1, -0.05) is 41.1 Å². The van der Waals surface area contributed by atoms with Crippen LogP contribution >= 0.6 is 0 Å². The zero-order chi connectivity index (χ0) is 19.8. The van der Waals surface area contributed by atoms with Gasteiger partial charge in [0.2, 0.25) is 0 Å². The van der Waals surface area contributed by atoms with Crippen LogP contribution in [0.5, 0.6) is 0 Å². The topological polar surface area (TPSA) is 60.3 Å². The first-order valence-electron chi connectivity index (χ1n) is 10.4. The second-order valence-corrected chi connectivity index (χ2v) is 8.54. The number of fused-ring (bicyclic) bond motifs is 1. The van der Waals surface area contributed by atoms with Crippen LogP contribution in [0, 0.1) is 12.3 Å². The monoisotopic (exact) mass is 390 g/mol. The number of aryl methyl sites for hydroxylation is 1. The number of hydrogen-bond donors (Lipinski definition) is 0. The minimum absolute atomic E-state index is 0.0442. The molecule has 1 aliphatic carbocycles. The summed E-state index contributed by atoms with van der Waals surface area (Å²) in [4.78, 5) is 15.6. The number of hydrogen-bond acceptors (Lipinski definition) is 5.